The van der Waals surface area contributed by atoms with Crippen molar-refractivity contribution in [2.75, 3.05) is 13.2 Å². The molecule has 0 saturated heterocycles. The minimum atomic E-state index is -0.115. The van der Waals surface area contributed by atoms with Gasteiger partial charge in [-0.05, 0) is 49.9 Å². The van der Waals surface area contributed by atoms with Gasteiger partial charge in [0, 0.05) is 31.0 Å². The van der Waals surface area contributed by atoms with Gasteiger partial charge in [-0.15, -0.1) is 12.4 Å². The van der Waals surface area contributed by atoms with E-state index in [0.29, 0.717) is 24.6 Å². The number of ether oxygens (including phenoxy) is 1. The van der Waals surface area contributed by atoms with Crippen LogP contribution in [0, 0.1) is 5.92 Å². The molecule has 1 aliphatic rings. The predicted molar refractivity (Wildman–Crippen MR) is 92.1 cm³/mol. The summed E-state index contributed by atoms with van der Waals surface area (Å²) in [4.78, 5) is 23.8. The van der Waals surface area contributed by atoms with E-state index in [0.717, 1.165) is 18.6 Å². The fourth-order valence-corrected chi connectivity index (χ4v) is 2.29. The number of carbonyl (C=O) groups excluding carboxylic acids is 2. The summed E-state index contributed by atoms with van der Waals surface area (Å²) in [5.41, 5.74) is 6.52. The third-order valence-corrected chi connectivity index (χ3v) is 3.83. The fraction of sp³-hybridized carbons (Fsp3) is 0.529. The largest absolute Gasteiger partial charge is 0.494 e. The van der Waals surface area contributed by atoms with Crippen LogP contribution in [-0.4, -0.2) is 30.9 Å². The van der Waals surface area contributed by atoms with Crippen molar-refractivity contribution in [2.24, 2.45) is 11.7 Å². The Balaban J connectivity index is 0.00000264. The number of nitrogens with one attached hydrogen (secondary N) is 1. The van der Waals surface area contributed by atoms with Crippen molar-refractivity contribution in [1.82, 2.24) is 5.32 Å². The van der Waals surface area contributed by atoms with Crippen LogP contribution in [0.2, 0.25) is 0 Å². The number of Topliss-reactive ketones (excluding diaryl/α,β-unsaturated/α-hetero) is 1. The second-order valence-electron chi connectivity index (χ2n) is 5.69. The van der Waals surface area contributed by atoms with Gasteiger partial charge in [0.15, 0.2) is 5.78 Å². The third kappa shape index (κ3) is 6.59. The molecule has 128 valence electrons. The molecule has 0 aromatic heterocycles. The summed E-state index contributed by atoms with van der Waals surface area (Å²) in [6.07, 6.45) is 2.72. The molecule has 5 nitrogen and oxygen atoms in total. The highest BCUT2D eigenvalue weighted by molar-refractivity contribution is 5.98. The highest BCUT2D eigenvalue weighted by Gasteiger charge is 2.28. The average Bonchev–Trinajstić information content (AvgIpc) is 3.36. The number of halogens is 1. The molecule has 1 saturated carbocycles. The van der Waals surface area contributed by atoms with Gasteiger partial charge in [-0.1, -0.05) is 0 Å². The van der Waals surface area contributed by atoms with Crippen LogP contribution in [-0.2, 0) is 4.79 Å². The van der Waals surface area contributed by atoms with Crippen LogP contribution in [0.3, 0.4) is 0 Å². The summed E-state index contributed by atoms with van der Waals surface area (Å²) in [6.45, 7) is 3.00. The number of rotatable bonds is 9. The van der Waals surface area contributed by atoms with E-state index in [9.17, 15) is 9.59 Å². The second kappa shape index (κ2) is 9.53. The molecule has 1 aromatic rings. The normalized spacial score (nSPS) is 14.5. The van der Waals surface area contributed by atoms with Crippen molar-refractivity contribution in [1.29, 1.82) is 0 Å². The van der Waals surface area contributed by atoms with E-state index in [4.69, 9.17) is 10.5 Å². The van der Waals surface area contributed by atoms with Crippen LogP contribution in [0.25, 0.3) is 0 Å². The number of hydrogen-bond acceptors (Lipinski definition) is 4. The highest BCUT2D eigenvalue weighted by Crippen LogP contribution is 2.31. The third-order valence-electron chi connectivity index (χ3n) is 3.83. The summed E-state index contributed by atoms with van der Waals surface area (Å²) >= 11 is 0. The maximum absolute atomic E-state index is 12.0. The Morgan fingerprint density at radius 1 is 1.26 bits per heavy atom. The Morgan fingerprint density at radius 3 is 2.48 bits per heavy atom. The van der Waals surface area contributed by atoms with Crippen molar-refractivity contribution < 1.29 is 14.3 Å². The quantitative estimate of drug-likeness (QED) is 0.676. The molecule has 1 aromatic carbocycles. The topological polar surface area (TPSA) is 81.4 Å². The maximum Gasteiger partial charge on any atom is 0.220 e. The van der Waals surface area contributed by atoms with E-state index in [1.807, 2.05) is 6.92 Å². The highest BCUT2D eigenvalue weighted by atomic mass is 35.5. The molecule has 0 spiro atoms. The zero-order valence-corrected chi connectivity index (χ0v) is 14.2. The number of ketones is 1. The van der Waals surface area contributed by atoms with Gasteiger partial charge in [0.05, 0.1) is 6.61 Å². The second-order valence-corrected chi connectivity index (χ2v) is 5.69. The van der Waals surface area contributed by atoms with Gasteiger partial charge in [0.25, 0.3) is 0 Å². The molecule has 1 fully saturated rings. The molecule has 1 atom stereocenters. The molecule has 0 aliphatic heterocycles. The first-order chi connectivity index (χ1) is 10.6. The average molecular weight is 341 g/mol. The minimum Gasteiger partial charge on any atom is -0.494 e. The first-order valence-electron chi connectivity index (χ1n) is 7.88. The van der Waals surface area contributed by atoms with Gasteiger partial charge in [0.2, 0.25) is 5.91 Å². The molecule has 0 heterocycles. The Morgan fingerprint density at radius 2 is 1.91 bits per heavy atom. The molecule has 23 heavy (non-hydrogen) atoms. The van der Waals surface area contributed by atoms with Crippen molar-refractivity contribution in [3.05, 3.63) is 29.8 Å². The number of benzene rings is 1. The SMILES string of the molecule is CCOc1ccc(C(=O)CCC(=O)NCC(N)C2CC2)cc1.Cl. The number of hydrogen-bond donors (Lipinski definition) is 2. The van der Waals surface area contributed by atoms with Crippen LogP contribution in [0.1, 0.15) is 43.0 Å². The Kier molecular flexibility index (Phi) is 8.06. The van der Waals surface area contributed by atoms with Gasteiger partial charge in [-0.2, -0.15) is 0 Å². The van der Waals surface area contributed by atoms with Crippen LogP contribution in [0.15, 0.2) is 24.3 Å². The van der Waals surface area contributed by atoms with E-state index in [2.05, 4.69) is 5.32 Å². The van der Waals surface area contributed by atoms with E-state index >= 15 is 0 Å². The molecular weight excluding hydrogens is 316 g/mol. The van der Waals surface area contributed by atoms with Gasteiger partial charge >= 0.3 is 0 Å². The minimum absolute atomic E-state index is 0. The molecular formula is C17H25ClN2O3. The van der Waals surface area contributed by atoms with E-state index < -0.39 is 0 Å². The van der Waals surface area contributed by atoms with Gasteiger partial charge in [0.1, 0.15) is 5.75 Å². The smallest absolute Gasteiger partial charge is 0.220 e. The fourth-order valence-electron chi connectivity index (χ4n) is 2.29. The van der Waals surface area contributed by atoms with Crippen molar-refractivity contribution in [3.63, 3.8) is 0 Å². The zero-order valence-electron chi connectivity index (χ0n) is 13.4. The standard InChI is InChI=1S/C17H24N2O3.ClH/c1-2-22-14-7-5-13(6-8-14)16(20)9-10-17(21)19-11-15(18)12-3-4-12;/h5-8,12,15H,2-4,9-11,18H2,1H3,(H,19,21);1H. The van der Waals surface area contributed by atoms with Crippen molar-refractivity contribution >= 4 is 24.1 Å². The van der Waals surface area contributed by atoms with Crippen molar-refractivity contribution in [3.8, 4) is 5.75 Å². The number of amides is 1. The van der Waals surface area contributed by atoms with Gasteiger partial charge in [-0.3, -0.25) is 9.59 Å². The van der Waals surface area contributed by atoms with Crippen LogP contribution in [0.4, 0.5) is 0 Å². The molecule has 0 bridgehead atoms. The van der Waals surface area contributed by atoms with Crippen molar-refractivity contribution in [2.45, 2.75) is 38.6 Å². The van der Waals surface area contributed by atoms with Crippen LogP contribution in [0.5, 0.6) is 5.75 Å². The zero-order chi connectivity index (χ0) is 15.9. The molecule has 1 aliphatic carbocycles. The van der Waals surface area contributed by atoms with Gasteiger partial charge < -0.3 is 15.8 Å². The lowest BCUT2D eigenvalue weighted by Gasteiger charge is -2.11. The Hall–Kier alpha value is -1.59. The lowest BCUT2D eigenvalue weighted by Crippen LogP contribution is -2.38. The Labute approximate surface area is 143 Å². The summed E-state index contributed by atoms with van der Waals surface area (Å²) in [7, 11) is 0. The molecule has 0 radical (unpaired) electrons. The maximum atomic E-state index is 12.0. The van der Waals surface area contributed by atoms with Crippen LogP contribution >= 0.6 is 12.4 Å². The first kappa shape index (κ1) is 19.5. The molecule has 6 heteroatoms. The lowest BCUT2D eigenvalue weighted by atomic mass is 10.1. The van der Waals surface area contributed by atoms with Gasteiger partial charge in [-0.25, -0.2) is 0 Å². The monoisotopic (exact) mass is 340 g/mol. The Bertz CT molecular complexity index is 515. The summed E-state index contributed by atoms with van der Waals surface area (Å²) in [6, 6.07) is 7.05. The van der Waals surface area contributed by atoms with E-state index in [-0.39, 0.29) is 43.0 Å². The lowest BCUT2D eigenvalue weighted by molar-refractivity contribution is -0.121. The summed E-state index contributed by atoms with van der Waals surface area (Å²) in [5.74, 6) is 1.15. The molecule has 1 amide bonds. The number of nitrogens with two attached hydrogens (primary N) is 1. The summed E-state index contributed by atoms with van der Waals surface area (Å²) in [5, 5.41) is 2.80. The number of carbonyl (C=O) groups is 2. The molecule has 1 unspecified atom stereocenters. The molecule has 2 rings (SSSR count). The first-order valence-corrected chi connectivity index (χ1v) is 7.88. The van der Waals surface area contributed by atoms with E-state index in [1.165, 1.54) is 0 Å². The van der Waals surface area contributed by atoms with E-state index in [1.54, 1.807) is 24.3 Å². The van der Waals surface area contributed by atoms with Crippen LogP contribution < -0.4 is 15.8 Å². The summed E-state index contributed by atoms with van der Waals surface area (Å²) < 4.78 is 5.33. The predicted octanol–water partition coefficient (Wildman–Crippen LogP) is 2.32. The molecule has 3 N–H and O–H groups in total.